The number of fused-ring (bicyclic) bond motifs is 1. The molecule has 3 aromatic carbocycles. The summed E-state index contributed by atoms with van der Waals surface area (Å²) in [6, 6.07) is 18.2. The third kappa shape index (κ3) is 3.53. The molecule has 3 nitrogen and oxygen atoms in total. The number of rotatable bonds is 1. The highest BCUT2D eigenvalue weighted by Gasteiger charge is 2.30. The molecule has 1 aromatic heterocycles. The Labute approximate surface area is 152 Å². The molecule has 1 heterocycles. The first-order valence-corrected chi connectivity index (χ1v) is 8.02. The summed E-state index contributed by atoms with van der Waals surface area (Å²) in [5.74, 6) is 6.02. The van der Waals surface area contributed by atoms with Gasteiger partial charge < -0.3 is 4.42 Å². The molecule has 0 aliphatic rings. The van der Waals surface area contributed by atoms with Crippen LogP contribution in [0.3, 0.4) is 0 Å². The molecule has 4 aromatic rings. The van der Waals surface area contributed by atoms with Gasteiger partial charge in [0.15, 0.2) is 0 Å². The van der Waals surface area contributed by atoms with Crippen LogP contribution < -0.4 is 0 Å². The van der Waals surface area contributed by atoms with E-state index in [1.54, 1.807) is 0 Å². The number of hydrogen-bond donors (Lipinski definition) is 0. The van der Waals surface area contributed by atoms with Crippen LogP contribution in [0.4, 0.5) is 13.2 Å². The zero-order valence-corrected chi connectivity index (χ0v) is 13.8. The maximum Gasteiger partial charge on any atom is 0.416 e. The van der Waals surface area contributed by atoms with Crippen LogP contribution in [-0.4, -0.2) is 10.2 Å². The molecule has 0 aliphatic heterocycles. The van der Waals surface area contributed by atoms with Gasteiger partial charge in [-0.1, -0.05) is 47.4 Å². The zero-order valence-electron chi connectivity index (χ0n) is 13.8. The molecule has 0 aliphatic carbocycles. The molecule has 6 heteroatoms. The Kier molecular flexibility index (Phi) is 4.13. The van der Waals surface area contributed by atoms with Crippen LogP contribution >= 0.6 is 0 Å². The maximum absolute atomic E-state index is 12.6. The minimum atomic E-state index is -4.39. The van der Waals surface area contributed by atoms with Crippen LogP contribution in [0, 0.1) is 11.8 Å². The van der Waals surface area contributed by atoms with Crippen molar-refractivity contribution >= 4 is 10.8 Å². The summed E-state index contributed by atoms with van der Waals surface area (Å²) in [6.45, 7) is 0. The topological polar surface area (TPSA) is 38.9 Å². The number of nitrogens with zero attached hydrogens (tertiary/aromatic N) is 2. The first-order valence-electron chi connectivity index (χ1n) is 8.02. The first kappa shape index (κ1) is 16.9. The molecule has 4 rings (SSSR count). The van der Waals surface area contributed by atoms with Crippen molar-refractivity contribution in [2.24, 2.45) is 0 Å². The van der Waals surface area contributed by atoms with Crippen molar-refractivity contribution in [2.75, 3.05) is 0 Å². The van der Waals surface area contributed by atoms with Crippen molar-refractivity contribution in [2.45, 2.75) is 6.18 Å². The van der Waals surface area contributed by atoms with Gasteiger partial charge in [0.1, 0.15) is 0 Å². The lowest BCUT2D eigenvalue weighted by Crippen LogP contribution is -2.03. The van der Waals surface area contributed by atoms with Gasteiger partial charge in [0.25, 0.3) is 5.89 Å². The zero-order chi connectivity index (χ0) is 18.9. The fraction of sp³-hybridized carbons (Fsp3) is 0.0476. The van der Waals surface area contributed by atoms with Crippen LogP contribution in [0.1, 0.15) is 17.0 Å². The summed E-state index contributed by atoms with van der Waals surface area (Å²) in [5.41, 5.74) is 0.484. The van der Waals surface area contributed by atoms with Gasteiger partial charge in [-0.05, 0) is 47.0 Å². The van der Waals surface area contributed by atoms with E-state index in [0.717, 1.165) is 28.5 Å². The van der Waals surface area contributed by atoms with E-state index in [2.05, 4.69) is 22.0 Å². The highest BCUT2D eigenvalue weighted by Crippen LogP contribution is 2.30. The molecule has 0 radical (unpaired) electrons. The molecule has 0 N–H and O–H groups in total. The molecule has 0 fully saturated rings. The highest BCUT2D eigenvalue weighted by molar-refractivity contribution is 5.88. The Morgan fingerprint density at radius 2 is 1.52 bits per heavy atom. The summed E-state index contributed by atoms with van der Waals surface area (Å²) in [7, 11) is 0. The van der Waals surface area contributed by atoms with Gasteiger partial charge in [-0.3, -0.25) is 0 Å². The molecule has 0 saturated carbocycles. The first-order chi connectivity index (χ1) is 13.0. The van der Waals surface area contributed by atoms with Crippen molar-refractivity contribution < 1.29 is 17.6 Å². The number of halogens is 3. The van der Waals surface area contributed by atoms with Crippen LogP contribution in [0.15, 0.2) is 71.1 Å². The Bertz CT molecular complexity index is 1160. The molecule has 0 amide bonds. The van der Waals surface area contributed by atoms with Gasteiger partial charge in [-0.2, -0.15) is 13.2 Å². The van der Waals surface area contributed by atoms with E-state index in [4.69, 9.17) is 4.42 Å². The van der Waals surface area contributed by atoms with Crippen LogP contribution in [0.2, 0.25) is 0 Å². The monoisotopic (exact) mass is 364 g/mol. The highest BCUT2D eigenvalue weighted by atomic mass is 19.4. The third-order valence-electron chi connectivity index (χ3n) is 3.98. The Hall–Kier alpha value is -3.59. The van der Waals surface area contributed by atoms with E-state index in [-0.39, 0.29) is 11.8 Å². The fourth-order valence-corrected chi connectivity index (χ4v) is 2.65. The predicted octanol–water partition coefficient (Wildman–Crippen LogP) is 5.31. The second kappa shape index (κ2) is 6.61. The van der Waals surface area contributed by atoms with Gasteiger partial charge in [-0.25, -0.2) is 0 Å². The molecular formula is C21H11F3N2O. The van der Waals surface area contributed by atoms with Crippen molar-refractivity contribution in [1.82, 2.24) is 10.2 Å². The SMILES string of the molecule is FC(F)(F)c1ccc(-c2nnc(C#Cc3cccc4ccccc34)o2)cc1. The molecule has 0 atom stereocenters. The average molecular weight is 364 g/mol. The number of benzene rings is 3. The molecular weight excluding hydrogens is 353 g/mol. The summed E-state index contributed by atoms with van der Waals surface area (Å²) in [4.78, 5) is 0. The minimum absolute atomic E-state index is 0.0952. The Morgan fingerprint density at radius 3 is 2.30 bits per heavy atom. The molecule has 0 saturated heterocycles. The number of aromatic nitrogens is 2. The van der Waals surface area contributed by atoms with Crippen molar-refractivity contribution in [1.29, 1.82) is 0 Å². The average Bonchev–Trinajstić information content (AvgIpc) is 3.15. The van der Waals surface area contributed by atoms with E-state index >= 15 is 0 Å². The smallest absolute Gasteiger partial charge is 0.410 e. The quantitative estimate of drug-likeness (QED) is 0.430. The fourth-order valence-electron chi connectivity index (χ4n) is 2.65. The number of hydrogen-bond acceptors (Lipinski definition) is 3. The van der Waals surface area contributed by atoms with E-state index in [1.807, 2.05) is 42.5 Å². The van der Waals surface area contributed by atoms with E-state index in [0.29, 0.717) is 5.56 Å². The van der Waals surface area contributed by atoms with E-state index in [9.17, 15) is 13.2 Å². The predicted molar refractivity (Wildman–Crippen MR) is 94.7 cm³/mol. The normalized spacial score (nSPS) is 11.2. The van der Waals surface area contributed by atoms with Gasteiger partial charge in [0.2, 0.25) is 5.89 Å². The van der Waals surface area contributed by atoms with Crippen LogP contribution in [0.25, 0.3) is 22.2 Å². The second-order valence-electron chi connectivity index (χ2n) is 5.76. The molecule has 0 unspecified atom stereocenters. The third-order valence-corrected chi connectivity index (χ3v) is 3.98. The molecule has 27 heavy (non-hydrogen) atoms. The summed E-state index contributed by atoms with van der Waals surface area (Å²) in [5, 5.41) is 9.78. The molecule has 0 spiro atoms. The molecule has 0 bridgehead atoms. The van der Waals surface area contributed by atoms with E-state index < -0.39 is 11.7 Å². The van der Waals surface area contributed by atoms with Crippen molar-refractivity contribution in [3.8, 4) is 23.3 Å². The van der Waals surface area contributed by atoms with Gasteiger partial charge >= 0.3 is 6.18 Å². The standard InChI is InChI=1S/C21H11F3N2O/c22-21(23,24)17-11-8-16(9-12-17)20-26-25-19(27-20)13-10-15-6-3-5-14-4-1-2-7-18(14)15/h1-9,11-12H. The lowest BCUT2D eigenvalue weighted by atomic mass is 10.1. The lowest BCUT2D eigenvalue weighted by Gasteiger charge is -2.05. The molecule has 132 valence electrons. The summed E-state index contributed by atoms with van der Waals surface area (Å²) < 4.78 is 43.3. The maximum atomic E-state index is 12.6. The Morgan fingerprint density at radius 1 is 0.778 bits per heavy atom. The lowest BCUT2D eigenvalue weighted by molar-refractivity contribution is -0.137. The minimum Gasteiger partial charge on any atom is -0.410 e. The Balaban J connectivity index is 1.61. The number of alkyl halides is 3. The van der Waals surface area contributed by atoms with Gasteiger partial charge in [0.05, 0.1) is 5.56 Å². The summed E-state index contributed by atoms with van der Waals surface area (Å²) in [6.07, 6.45) is -4.39. The van der Waals surface area contributed by atoms with Crippen LogP contribution in [0.5, 0.6) is 0 Å². The summed E-state index contributed by atoms with van der Waals surface area (Å²) >= 11 is 0. The largest absolute Gasteiger partial charge is 0.416 e. The second-order valence-corrected chi connectivity index (χ2v) is 5.76. The van der Waals surface area contributed by atoms with Crippen molar-refractivity contribution in [3.63, 3.8) is 0 Å². The van der Waals surface area contributed by atoms with Crippen molar-refractivity contribution in [3.05, 3.63) is 83.7 Å². The van der Waals surface area contributed by atoms with Gasteiger partial charge in [0, 0.05) is 11.1 Å². The van der Waals surface area contributed by atoms with Crippen LogP contribution in [-0.2, 0) is 6.18 Å². The van der Waals surface area contributed by atoms with Gasteiger partial charge in [-0.15, -0.1) is 5.10 Å². The van der Waals surface area contributed by atoms with E-state index in [1.165, 1.54) is 12.1 Å².